The van der Waals surface area contributed by atoms with Gasteiger partial charge in [-0.1, -0.05) is 12.8 Å². The topological polar surface area (TPSA) is 65.8 Å². The Morgan fingerprint density at radius 2 is 1.96 bits per heavy atom. The number of hydrogen-bond acceptors (Lipinski definition) is 4. The minimum absolute atomic E-state index is 0.0479. The summed E-state index contributed by atoms with van der Waals surface area (Å²) < 4.78 is 5.21. The number of amides is 2. The standard InChI is InChI=1S/C18H27N3O3/c1-2-19-17(22)16(14-6-3-4-7-14)20-9-11-21(12-10-20)18(23)15-8-5-13-24-15/h5,8,13-14,16H,2-4,6-7,9-12H2,1H3,(H,19,22)/t16-/m0/s1. The molecule has 132 valence electrons. The Balaban J connectivity index is 1.62. The van der Waals surface area contributed by atoms with Gasteiger partial charge in [0.05, 0.1) is 12.3 Å². The predicted molar refractivity (Wildman–Crippen MR) is 90.6 cm³/mol. The lowest BCUT2D eigenvalue weighted by molar-refractivity contribution is -0.129. The van der Waals surface area contributed by atoms with E-state index in [0.717, 1.165) is 25.9 Å². The second-order valence-electron chi connectivity index (χ2n) is 6.69. The average molecular weight is 333 g/mol. The summed E-state index contributed by atoms with van der Waals surface area (Å²) in [5, 5.41) is 3.00. The molecule has 1 atom stereocenters. The SMILES string of the molecule is CCNC(=O)[C@H](C1CCCC1)N1CCN(C(=O)c2ccco2)CC1. The van der Waals surface area contributed by atoms with E-state index in [2.05, 4.69) is 10.2 Å². The summed E-state index contributed by atoms with van der Waals surface area (Å²) in [6.45, 7) is 5.39. The molecule has 1 aromatic rings. The molecule has 6 heteroatoms. The smallest absolute Gasteiger partial charge is 0.289 e. The molecule has 1 saturated heterocycles. The highest BCUT2D eigenvalue weighted by molar-refractivity contribution is 5.91. The van der Waals surface area contributed by atoms with Gasteiger partial charge in [-0.15, -0.1) is 0 Å². The van der Waals surface area contributed by atoms with E-state index in [1.54, 1.807) is 12.1 Å². The number of furan rings is 1. The van der Waals surface area contributed by atoms with Crippen LogP contribution in [-0.4, -0.2) is 60.4 Å². The van der Waals surface area contributed by atoms with Crippen molar-refractivity contribution in [3.05, 3.63) is 24.2 Å². The number of carbonyl (C=O) groups is 2. The molecule has 0 radical (unpaired) electrons. The van der Waals surface area contributed by atoms with Crippen molar-refractivity contribution < 1.29 is 14.0 Å². The van der Waals surface area contributed by atoms with Crippen molar-refractivity contribution in [2.45, 2.75) is 38.6 Å². The Morgan fingerprint density at radius 1 is 1.25 bits per heavy atom. The number of likely N-dealkylation sites (N-methyl/N-ethyl adjacent to an activating group) is 1. The minimum Gasteiger partial charge on any atom is -0.459 e. The lowest BCUT2D eigenvalue weighted by atomic mass is 9.95. The Kier molecular flexibility index (Phi) is 5.56. The molecule has 24 heavy (non-hydrogen) atoms. The summed E-state index contributed by atoms with van der Waals surface area (Å²) in [5.74, 6) is 0.925. The number of nitrogens with zero attached hydrogens (tertiary/aromatic N) is 2. The van der Waals surface area contributed by atoms with Crippen LogP contribution in [0.15, 0.2) is 22.8 Å². The molecule has 0 unspecified atom stereocenters. The summed E-state index contributed by atoms with van der Waals surface area (Å²) in [6, 6.07) is 3.38. The van der Waals surface area contributed by atoms with E-state index in [9.17, 15) is 9.59 Å². The Bertz CT molecular complexity index is 544. The zero-order valence-corrected chi connectivity index (χ0v) is 14.4. The summed E-state index contributed by atoms with van der Waals surface area (Å²) >= 11 is 0. The van der Waals surface area contributed by atoms with Crippen LogP contribution in [-0.2, 0) is 4.79 Å². The van der Waals surface area contributed by atoms with Crippen molar-refractivity contribution in [2.24, 2.45) is 5.92 Å². The van der Waals surface area contributed by atoms with Crippen LogP contribution in [0.5, 0.6) is 0 Å². The van der Waals surface area contributed by atoms with Gasteiger partial charge in [-0.05, 0) is 37.8 Å². The van der Waals surface area contributed by atoms with E-state index in [0.29, 0.717) is 31.3 Å². The molecule has 2 fully saturated rings. The van der Waals surface area contributed by atoms with Crippen molar-refractivity contribution in [2.75, 3.05) is 32.7 Å². The molecule has 2 amide bonds. The molecule has 0 bridgehead atoms. The molecule has 2 heterocycles. The summed E-state index contributed by atoms with van der Waals surface area (Å²) in [5.41, 5.74) is 0. The number of rotatable bonds is 5. The van der Waals surface area contributed by atoms with Crippen LogP contribution in [0, 0.1) is 5.92 Å². The maximum absolute atomic E-state index is 12.6. The first-order valence-corrected chi connectivity index (χ1v) is 9.05. The number of nitrogens with one attached hydrogen (secondary N) is 1. The number of piperazine rings is 1. The van der Waals surface area contributed by atoms with E-state index < -0.39 is 0 Å². The van der Waals surface area contributed by atoms with Crippen LogP contribution in [0.1, 0.15) is 43.2 Å². The number of carbonyl (C=O) groups excluding carboxylic acids is 2. The molecule has 0 spiro atoms. The average Bonchev–Trinajstić information content (AvgIpc) is 3.29. The van der Waals surface area contributed by atoms with Crippen molar-refractivity contribution in [1.82, 2.24) is 15.1 Å². The van der Waals surface area contributed by atoms with Gasteiger partial charge in [0, 0.05) is 32.7 Å². The van der Waals surface area contributed by atoms with Gasteiger partial charge in [0.15, 0.2) is 5.76 Å². The van der Waals surface area contributed by atoms with Gasteiger partial charge in [-0.25, -0.2) is 0 Å². The summed E-state index contributed by atoms with van der Waals surface area (Å²) in [4.78, 5) is 29.0. The molecule has 0 aromatic carbocycles. The van der Waals surface area contributed by atoms with E-state index in [4.69, 9.17) is 4.42 Å². The number of hydrogen-bond donors (Lipinski definition) is 1. The van der Waals surface area contributed by atoms with Crippen LogP contribution in [0.3, 0.4) is 0 Å². The largest absolute Gasteiger partial charge is 0.459 e. The van der Waals surface area contributed by atoms with E-state index >= 15 is 0 Å². The third-order valence-electron chi connectivity index (χ3n) is 5.19. The van der Waals surface area contributed by atoms with Crippen molar-refractivity contribution in [1.29, 1.82) is 0 Å². The monoisotopic (exact) mass is 333 g/mol. The summed E-state index contributed by atoms with van der Waals surface area (Å²) in [7, 11) is 0. The molecule has 1 aliphatic heterocycles. The van der Waals surface area contributed by atoms with Crippen molar-refractivity contribution >= 4 is 11.8 Å². The molecule has 1 saturated carbocycles. The van der Waals surface area contributed by atoms with Gasteiger partial charge in [0.2, 0.25) is 5.91 Å². The first-order chi connectivity index (χ1) is 11.7. The Labute approximate surface area is 143 Å². The second-order valence-corrected chi connectivity index (χ2v) is 6.69. The summed E-state index contributed by atoms with van der Waals surface area (Å²) in [6.07, 6.45) is 6.23. The lowest BCUT2D eigenvalue weighted by Crippen LogP contribution is -2.57. The zero-order chi connectivity index (χ0) is 16.9. The molecule has 1 aromatic heterocycles. The van der Waals surface area contributed by atoms with Crippen LogP contribution in [0.4, 0.5) is 0 Å². The molecule has 1 N–H and O–H groups in total. The molecular formula is C18H27N3O3. The van der Waals surface area contributed by atoms with Gasteiger partial charge < -0.3 is 14.6 Å². The highest BCUT2D eigenvalue weighted by Gasteiger charge is 2.37. The molecule has 1 aliphatic carbocycles. The predicted octanol–water partition coefficient (Wildman–Crippen LogP) is 1.73. The van der Waals surface area contributed by atoms with Gasteiger partial charge in [-0.3, -0.25) is 14.5 Å². The molecule has 6 nitrogen and oxygen atoms in total. The van der Waals surface area contributed by atoms with Crippen LogP contribution in [0.25, 0.3) is 0 Å². The van der Waals surface area contributed by atoms with E-state index in [-0.39, 0.29) is 17.9 Å². The first-order valence-electron chi connectivity index (χ1n) is 9.05. The van der Waals surface area contributed by atoms with E-state index in [1.165, 1.54) is 19.1 Å². The zero-order valence-electron chi connectivity index (χ0n) is 14.4. The fourth-order valence-corrected chi connectivity index (χ4v) is 3.99. The third kappa shape index (κ3) is 3.64. The van der Waals surface area contributed by atoms with E-state index in [1.807, 2.05) is 11.8 Å². The molecule has 3 rings (SSSR count). The lowest BCUT2D eigenvalue weighted by Gasteiger charge is -2.40. The van der Waals surface area contributed by atoms with Crippen molar-refractivity contribution in [3.8, 4) is 0 Å². The van der Waals surface area contributed by atoms with Gasteiger partial charge in [0.1, 0.15) is 0 Å². The van der Waals surface area contributed by atoms with Crippen LogP contribution in [0.2, 0.25) is 0 Å². The normalized spacial score (nSPS) is 21.0. The first kappa shape index (κ1) is 17.0. The quantitative estimate of drug-likeness (QED) is 0.891. The fourth-order valence-electron chi connectivity index (χ4n) is 3.99. The van der Waals surface area contributed by atoms with Gasteiger partial charge in [-0.2, -0.15) is 0 Å². The van der Waals surface area contributed by atoms with Crippen molar-refractivity contribution in [3.63, 3.8) is 0 Å². The van der Waals surface area contributed by atoms with Crippen LogP contribution >= 0.6 is 0 Å². The highest BCUT2D eigenvalue weighted by Crippen LogP contribution is 2.31. The second kappa shape index (κ2) is 7.83. The third-order valence-corrected chi connectivity index (χ3v) is 5.19. The Hall–Kier alpha value is -1.82. The van der Waals surface area contributed by atoms with Gasteiger partial charge in [0.25, 0.3) is 5.91 Å². The fraction of sp³-hybridized carbons (Fsp3) is 0.667. The maximum atomic E-state index is 12.6. The molecular weight excluding hydrogens is 306 g/mol. The minimum atomic E-state index is -0.0601. The Morgan fingerprint density at radius 3 is 2.54 bits per heavy atom. The molecule has 2 aliphatic rings. The van der Waals surface area contributed by atoms with Gasteiger partial charge >= 0.3 is 0 Å². The highest BCUT2D eigenvalue weighted by atomic mass is 16.3. The maximum Gasteiger partial charge on any atom is 0.289 e. The van der Waals surface area contributed by atoms with Crippen LogP contribution < -0.4 is 5.32 Å².